The van der Waals surface area contributed by atoms with Crippen molar-refractivity contribution in [1.82, 2.24) is 14.5 Å². The molecule has 0 unspecified atom stereocenters. The molecule has 3 aliphatic heterocycles. The summed E-state index contributed by atoms with van der Waals surface area (Å²) in [4.78, 5) is 15.3. The second-order valence-corrected chi connectivity index (χ2v) is 11.1. The van der Waals surface area contributed by atoms with Crippen molar-refractivity contribution < 1.29 is 27.4 Å². The quantitative estimate of drug-likeness (QED) is 0.669. The first-order valence-electron chi connectivity index (χ1n) is 11.3. The topological polar surface area (TPSA) is 97.4 Å². The number of nitrogens with one attached hydrogen (secondary N) is 1. The van der Waals surface area contributed by atoms with E-state index in [9.17, 15) is 13.2 Å². The minimum absolute atomic E-state index is 0.00251. The van der Waals surface area contributed by atoms with E-state index < -0.39 is 10.0 Å². The van der Waals surface area contributed by atoms with Crippen molar-refractivity contribution in [2.24, 2.45) is 5.92 Å². The van der Waals surface area contributed by atoms with Gasteiger partial charge < -0.3 is 19.5 Å². The van der Waals surface area contributed by atoms with E-state index in [1.165, 1.54) is 10.4 Å². The highest BCUT2D eigenvalue weighted by Gasteiger charge is 2.34. The number of rotatable bonds is 6. The number of fused-ring (bicyclic) bond motifs is 1. The largest absolute Gasteiger partial charge is 0.486 e. The molecule has 3 heterocycles. The normalized spacial score (nSPS) is 21.3. The van der Waals surface area contributed by atoms with Crippen molar-refractivity contribution in [3.05, 3.63) is 18.2 Å². The Morgan fingerprint density at radius 1 is 1.03 bits per heavy atom. The molecule has 0 aliphatic carbocycles. The molecule has 1 amide bonds. The molecular formula is C22H33N3O6S. The lowest BCUT2D eigenvalue weighted by Crippen LogP contribution is -2.56. The van der Waals surface area contributed by atoms with Crippen LogP contribution in [0.25, 0.3) is 0 Å². The Bertz CT molecular complexity index is 922. The fourth-order valence-electron chi connectivity index (χ4n) is 4.42. The van der Waals surface area contributed by atoms with Gasteiger partial charge in [0.2, 0.25) is 15.9 Å². The van der Waals surface area contributed by atoms with Gasteiger partial charge in [-0.15, -0.1) is 0 Å². The Kier molecular flexibility index (Phi) is 6.94. The monoisotopic (exact) mass is 467 g/mol. The lowest BCUT2D eigenvalue weighted by molar-refractivity contribution is -0.126. The van der Waals surface area contributed by atoms with Crippen molar-refractivity contribution in [2.45, 2.75) is 37.1 Å². The van der Waals surface area contributed by atoms with Crippen LogP contribution in [0.5, 0.6) is 11.5 Å². The zero-order valence-electron chi connectivity index (χ0n) is 18.8. The molecule has 0 bridgehead atoms. The number of nitrogens with zero attached hydrogens (tertiary/aromatic N) is 2. The summed E-state index contributed by atoms with van der Waals surface area (Å²) in [7, 11) is -3.65. The smallest absolute Gasteiger partial charge is 0.243 e. The summed E-state index contributed by atoms with van der Waals surface area (Å²) in [6.45, 7) is 9.46. The number of amides is 1. The van der Waals surface area contributed by atoms with Gasteiger partial charge in [-0.2, -0.15) is 4.31 Å². The molecule has 2 saturated heterocycles. The average molecular weight is 468 g/mol. The number of sulfonamides is 1. The Morgan fingerprint density at radius 3 is 2.38 bits per heavy atom. The summed E-state index contributed by atoms with van der Waals surface area (Å²) in [6, 6.07) is 4.71. The SMILES string of the molecule is CC(C)(CNC(=O)C1CCN(S(=O)(=O)c2ccc3c(c2)OCCO3)CC1)N1CCOCC1. The van der Waals surface area contributed by atoms with Gasteiger partial charge in [0.1, 0.15) is 13.2 Å². The third-order valence-corrected chi connectivity index (χ3v) is 8.43. The highest BCUT2D eigenvalue weighted by atomic mass is 32.2. The first kappa shape index (κ1) is 23.3. The van der Waals surface area contributed by atoms with Gasteiger partial charge in [0.05, 0.1) is 18.1 Å². The van der Waals surface area contributed by atoms with E-state index in [4.69, 9.17) is 14.2 Å². The molecule has 0 aromatic heterocycles. The average Bonchev–Trinajstić information content (AvgIpc) is 2.83. The Labute approximate surface area is 190 Å². The third kappa shape index (κ3) is 5.03. The minimum atomic E-state index is -3.65. The van der Waals surface area contributed by atoms with Crippen molar-refractivity contribution in [3.8, 4) is 11.5 Å². The molecule has 1 aromatic rings. The van der Waals surface area contributed by atoms with E-state index >= 15 is 0 Å². The maximum atomic E-state index is 13.1. The minimum Gasteiger partial charge on any atom is -0.486 e. The maximum Gasteiger partial charge on any atom is 0.243 e. The van der Waals surface area contributed by atoms with Crippen LogP contribution in [0.15, 0.2) is 23.1 Å². The van der Waals surface area contributed by atoms with E-state index in [-0.39, 0.29) is 22.3 Å². The molecule has 32 heavy (non-hydrogen) atoms. The highest BCUT2D eigenvalue weighted by Crippen LogP contribution is 2.34. The molecule has 0 radical (unpaired) electrons. The van der Waals surface area contributed by atoms with Crippen molar-refractivity contribution in [2.75, 3.05) is 59.2 Å². The van der Waals surface area contributed by atoms with Gasteiger partial charge in [-0.05, 0) is 38.8 Å². The van der Waals surface area contributed by atoms with Gasteiger partial charge in [-0.25, -0.2) is 8.42 Å². The molecule has 178 valence electrons. The molecule has 2 fully saturated rings. The molecule has 0 spiro atoms. The Morgan fingerprint density at radius 2 is 1.69 bits per heavy atom. The molecule has 3 aliphatic rings. The van der Waals surface area contributed by atoms with Crippen LogP contribution in [-0.2, 0) is 19.6 Å². The van der Waals surface area contributed by atoms with Crippen LogP contribution in [0.4, 0.5) is 0 Å². The number of piperidine rings is 1. The van der Waals surface area contributed by atoms with E-state index in [0.717, 1.165) is 13.1 Å². The van der Waals surface area contributed by atoms with Crippen molar-refractivity contribution in [1.29, 1.82) is 0 Å². The molecule has 10 heteroatoms. The fourth-order valence-corrected chi connectivity index (χ4v) is 5.91. The molecular weight excluding hydrogens is 434 g/mol. The van der Waals surface area contributed by atoms with Crippen LogP contribution < -0.4 is 14.8 Å². The van der Waals surface area contributed by atoms with Gasteiger partial charge in [0.15, 0.2) is 11.5 Å². The Balaban J connectivity index is 1.31. The zero-order valence-corrected chi connectivity index (χ0v) is 19.7. The molecule has 4 rings (SSSR count). The molecule has 0 saturated carbocycles. The van der Waals surface area contributed by atoms with E-state index in [2.05, 4.69) is 24.1 Å². The third-order valence-electron chi connectivity index (χ3n) is 6.54. The summed E-state index contributed by atoms with van der Waals surface area (Å²) < 4.78 is 44.1. The van der Waals surface area contributed by atoms with Crippen molar-refractivity contribution >= 4 is 15.9 Å². The number of morpholine rings is 1. The fraction of sp³-hybridized carbons (Fsp3) is 0.682. The number of hydrogen-bond donors (Lipinski definition) is 1. The first-order chi connectivity index (χ1) is 15.3. The summed E-state index contributed by atoms with van der Waals surface area (Å²) in [5, 5.41) is 3.09. The lowest BCUT2D eigenvalue weighted by Gasteiger charge is -2.41. The highest BCUT2D eigenvalue weighted by molar-refractivity contribution is 7.89. The maximum absolute atomic E-state index is 13.1. The predicted octanol–water partition coefficient (Wildman–Crippen LogP) is 1.09. The van der Waals surface area contributed by atoms with Crippen molar-refractivity contribution in [3.63, 3.8) is 0 Å². The molecule has 0 atom stereocenters. The Hall–Kier alpha value is -1.88. The van der Waals surface area contributed by atoms with Crippen LogP contribution >= 0.6 is 0 Å². The summed E-state index contributed by atoms with van der Waals surface area (Å²) in [5.41, 5.74) is -0.151. The van der Waals surface area contributed by atoms with Gasteiger partial charge >= 0.3 is 0 Å². The van der Waals surface area contributed by atoms with Crippen LogP contribution in [0.3, 0.4) is 0 Å². The number of ether oxygens (including phenoxy) is 3. The second kappa shape index (κ2) is 9.54. The van der Waals surface area contributed by atoms with Crippen LogP contribution in [0, 0.1) is 5.92 Å². The van der Waals surface area contributed by atoms with E-state index in [1.807, 2.05) is 0 Å². The number of carbonyl (C=O) groups is 1. The molecule has 1 aromatic carbocycles. The molecule has 9 nitrogen and oxygen atoms in total. The van der Waals surface area contributed by atoms with Crippen LogP contribution in [0.1, 0.15) is 26.7 Å². The van der Waals surface area contributed by atoms with Crippen LogP contribution in [-0.4, -0.2) is 88.2 Å². The predicted molar refractivity (Wildman–Crippen MR) is 118 cm³/mol. The van der Waals surface area contributed by atoms with Crippen LogP contribution in [0.2, 0.25) is 0 Å². The van der Waals surface area contributed by atoms with Gasteiger partial charge in [-0.1, -0.05) is 0 Å². The number of benzene rings is 1. The lowest BCUT2D eigenvalue weighted by atomic mass is 9.96. The van der Waals surface area contributed by atoms with Gasteiger partial charge in [0, 0.05) is 50.2 Å². The summed E-state index contributed by atoms with van der Waals surface area (Å²) in [6.07, 6.45) is 1.02. The van der Waals surface area contributed by atoms with Gasteiger partial charge in [-0.3, -0.25) is 9.69 Å². The first-order valence-corrected chi connectivity index (χ1v) is 12.7. The number of carbonyl (C=O) groups excluding carboxylic acids is 1. The molecule has 1 N–H and O–H groups in total. The standard InChI is InChI=1S/C22H33N3O6S/c1-22(2,24-9-11-29-12-10-24)16-23-21(26)17-5-7-25(8-6-17)32(27,28)18-3-4-19-20(15-18)31-14-13-30-19/h3-4,15,17H,5-14,16H2,1-2H3,(H,23,26). The second-order valence-electron chi connectivity index (χ2n) is 9.11. The summed E-state index contributed by atoms with van der Waals surface area (Å²) in [5.74, 6) is 0.838. The van der Waals surface area contributed by atoms with E-state index in [0.29, 0.717) is 70.4 Å². The number of hydrogen-bond acceptors (Lipinski definition) is 7. The van der Waals surface area contributed by atoms with Gasteiger partial charge in [0.25, 0.3) is 0 Å². The van der Waals surface area contributed by atoms with E-state index in [1.54, 1.807) is 12.1 Å². The zero-order chi connectivity index (χ0) is 22.8. The summed E-state index contributed by atoms with van der Waals surface area (Å²) >= 11 is 0.